The Bertz CT molecular complexity index is 498. The van der Waals surface area contributed by atoms with Gasteiger partial charge in [-0.05, 0) is 37.9 Å². The summed E-state index contributed by atoms with van der Waals surface area (Å²) in [5.74, 6) is -13.6. The number of likely N-dealkylation sites (tertiary alicyclic amines) is 1. The molecule has 0 amide bonds. The van der Waals surface area contributed by atoms with E-state index in [1.54, 1.807) is 0 Å². The predicted octanol–water partition coefficient (Wildman–Crippen LogP) is 5.82. The molecule has 7 heteroatoms. The molecule has 0 radical (unpaired) electrons. The molecule has 0 aromatic heterocycles. The van der Waals surface area contributed by atoms with E-state index in [1.807, 2.05) is 0 Å². The van der Waals surface area contributed by atoms with Crippen LogP contribution in [0, 0.1) is 29.1 Å². The van der Waals surface area contributed by atoms with Crippen LogP contribution in [0.25, 0.3) is 0 Å². The second-order valence-electron chi connectivity index (χ2n) is 7.87. The summed E-state index contributed by atoms with van der Waals surface area (Å²) in [7, 11) is 2.47. The van der Waals surface area contributed by atoms with E-state index in [0.717, 1.165) is 0 Å². The average Bonchev–Trinajstić information content (AvgIpc) is 2.70. The van der Waals surface area contributed by atoms with E-state index in [2.05, 4.69) is 14.0 Å². The summed E-state index contributed by atoms with van der Waals surface area (Å²) >= 11 is 0. The van der Waals surface area contributed by atoms with E-state index in [9.17, 15) is 27.1 Å². The lowest BCUT2D eigenvalue weighted by Gasteiger charge is -2.37. The van der Waals surface area contributed by atoms with Gasteiger partial charge in [0.05, 0.1) is 26.7 Å². The van der Waals surface area contributed by atoms with Crippen molar-refractivity contribution in [1.29, 1.82) is 0 Å². The highest BCUT2D eigenvalue weighted by Gasteiger charge is 2.23. The molecule has 1 fully saturated rings. The van der Waals surface area contributed by atoms with Crippen molar-refractivity contribution in [3.8, 4) is 5.75 Å². The summed E-state index contributed by atoms with van der Waals surface area (Å²) in [6, 6.07) is 0. The summed E-state index contributed by atoms with van der Waals surface area (Å²) in [5.41, 5.74) is 0. The van der Waals surface area contributed by atoms with Crippen molar-refractivity contribution >= 4 is 0 Å². The molecule has 2 nitrogen and oxygen atoms in total. The van der Waals surface area contributed by atoms with E-state index < -0.39 is 34.8 Å². The summed E-state index contributed by atoms with van der Waals surface area (Å²) in [6.45, 7) is 6.61. The van der Waals surface area contributed by atoms with Gasteiger partial charge in [0.15, 0.2) is 29.1 Å². The topological polar surface area (TPSA) is 23.1 Å². The van der Waals surface area contributed by atoms with Crippen molar-refractivity contribution < 1.29 is 31.5 Å². The molecule has 2 rings (SSSR count). The van der Waals surface area contributed by atoms with Gasteiger partial charge in [-0.3, -0.25) is 0 Å². The molecule has 0 aliphatic carbocycles. The third-order valence-corrected chi connectivity index (χ3v) is 5.37. The van der Waals surface area contributed by atoms with Crippen molar-refractivity contribution in [2.24, 2.45) is 0 Å². The summed E-state index contributed by atoms with van der Waals surface area (Å²) < 4.78 is 61.8. The molecule has 0 atom stereocenters. The Morgan fingerprint density at radius 3 is 1.61 bits per heavy atom. The second-order valence-corrected chi connectivity index (χ2v) is 7.87. The third-order valence-electron chi connectivity index (χ3n) is 5.37. The molecule has 0 spiro atoms. The Labute approximate surface area is 164 Å². The zero-order valence-electron chi connectivity index (χ0n) is 16.9. The largest absolute Gasteiger partial charge is 0.868 e. The molecule has 1 aromatic rings. The van der Waals surface area contributed by atoms with E-state index in [4.69, 9.17) is 0 Å². The first-order chi connectivity index (χ1) is 13.2. The first-order valence-electron chi connectivity index (χ1n) is 10.3. The minimum atomic E-state index is -2.33. The van der Waals surface area contributed by atoms with Crippen molar-refractivity contribution in [2.45, 2.75) is 71.1 Å². The molecular weight excluding hydrogens is 377 g/mol. The van der Waals surface area contributed by atoms with Gasteiger partial charge < -0.3 is 9.59 Å². The van der Waals surface area contributed by atoms with E-state index in [-0.39, 0.29) is 0 Å². The predicted molar refractivity (Wildman–Crippen MR) is 98.3 cm³/mol. The molecule has 28 heavy (non-hydrogen) atoms. The quantitative estimate of drug-likeness (QED) is 0.174. The zero-order valence-corrected chi connectivity index (χ0v) is 16.9. The Hall–Kier alpha value is -1.37. The fraction of sp³-hybridized carbons (Fsp3) is 0.714. The molecule has 1 aliphatic rings. The molecule has 0 unspecified atom stereocenters. The monoisotopic (exact) mass is 409 g/mol. The Morgan fingerprint density at radius 2 is 1.11 bits per heavy atom. The molecule has 0 bridgehead atoms. The molecule has 0 saturated carbocycles. The van der Waals surface area contributed by atoms with Gasteiger partial charge in [0.2, 0.25) is 0 Å². The smallest absolute Gasteiger partial charge is 0.200 e. The van der Waals surface area contributed by atoms with Gasteiger partial charge in [0, 0.05) is 0 Å². The first-order valence-corrected chi connectivity index (χ1v) is 10.3. The van der Waals surface area contributed by atoms with Gasteiger partial charge in [-0.15, -0.1) is 0 Å². The van der Waals surface area contributed by atoms with Crippen LogP contribution in [0.5, 0.6) is 5.75 Å². The minimum Gasteiger partial charge on any atom is -0.868 e. The summed E-state index contributed by atoms with van der Waals surface area (Å²) in [6.07, 6.45) is 14.5. The number of hydrogen-bond donors (Lipinski definition) is 0. The molecule has 1 saturated heterocycles. The fourth-order valence-electron chi connectivity index (χ4n) is 3.53. The van der Waals surface area contributed by atoms with Crippen LogP contribution in [0.4, 0.5) is 22.0 Å². The molecule has 1 aliphatic heterocycles. The fourth-order valence-corrected chi connectivity index (χ4v) is 3.53. The van der Waals surface area contributed by atoms with E-state index in [1.165, 1.54) is 88.3 Å². The number of halogens is 5. The Kier molecular flexibility index (Phi) is 10.8. The third kappa shape index (κ3) is 7.57. The number of hydrogen-bond acceptors (Lipinski definition) is 1. The highest BCUT2D eigenvalue weighted by atomic mass is 19.2. The number of unbranched alkanes of at least 4 members (excludes halogenated alkanes) is 6. The van der Waals surface area contributed by atoms with Gasteiger partial charge in [0.1, 0.15) is 0 Å². The van der Waals surface area contributed by atoms with Gasteiger partial charge in [-0.25, -0.2) is 22.0 Å². The normalized spacial score (nSPS) is 15.8. The van der Waals surface area contributed by atoms with Gasteiger partial charge in [-0.1, -0.05) is 39.0 Å². The maximum Gasteiger partial charge on any atom is 0.200 e. The SMILES string of the molecule is CCCCCCCCC[N+]1(C)CCCCC1.[O-]c1c(F)c(F)c(F)c(F)c1F. The number of piperidine rings is 1. The minimum absolute atomic E-state index is 1.37. The Morgan fingerprint density at radius 1 is 0.679 bits per heavy atom. The van der Waals surface area contributed by atoms with Crippen molar-refractivity contribution in [2.75, 3.05) is 26.7 Å². The average molecular weight is 409 g/mol. The van der Waals surface area contributed by atoms with Gasteiger partial charge in [-0.2, -0.15) is 0 Å². The van der Waals surface area contributed by atoms with Crippen LogP contribution in [-0.2, 0) is 0 Å². The maximum absolute atomic E-state index is 12.1. The lowest BCUT2D eigenvalue weighted by atomic mass is 10.1. The lowest BCUT2D eigenvalue weighted by Crippen LogP contribution is -2.48. The number of nitrogens with zero attached hydrogens (tertiary/aromatic N) is 1. The van der Waals surface area contributed by atoms with Crippen LogP contribution in [-0.4, -0.2) is 31.2 Å². The Balaban J connectivity index is 0.000000292. The summed E-state index contributed by atoms with van der Waals surface area (Å²) in [5, 5.41) is 10.2. The van der Waals surface area contributed by atoms with Crippen molar-refractivity contribution in [3.05, 3.63) is 29.1 Å². The van der Waals surface area contributed by atoms with E-state index in [0.29, 0.717) is 0 Å². The maximum atomic E-state index is 12.1. The van der Waals surface area contributed by atoms with E-state index >= 15 is 0 Å². The lowest BCUT2D eigenvalue weighted by molar-refractivity contribution is -0.914. The van der Waals surface area contributed by atoms with Crippen LogP contribution in [0.15, 0.2) is 0 Å². The second kappa shape index (κ2) is 12.2. The summed E-state index contributed by atoms with van der Waals surface area (Å²) in [4.78, 5) is 0. The molecule has 1 aromatic carbocycles. The molecular formula is C21H32F5NO. The zero-order chi connectivity index (χ0) is 21.2. The first kappa shape index (κ1) is 24.7. The van der Waals surface area contributed by atoms with Crippen molar-refractivity contribution in [1.82, 2.24) is 0 Å². The van der Waals surface area contributed by atoms with Gasteiger partial charge >= 0.3 is 0 Å². The van der Waals surface area contributed by atoms with Gasteiger partial charge in [0.25, 0.3) is 0 Å². The molecule has 1 heterocycles. The van der Waals surface area contributed by atoms with Crippen LogP contribution < -0.4 is 5.11 Å². The molecule has 0 N–H and O–H groups in total. The number of rotatable bonds is 8. The van der Waals surface area contributed by atoms with Crippen LogP contribution in [0.2, 0.25) is 0 Å². The van der Waals surface area contributed by atoms with Crippen LogP contribution >= 0.6 is 0 Å². The van der Waals surface area contributed by atoms with Crippen molar-refractivity contribution in [3.63, 3.8) is 0 Å². The highest BCUT2D eigenvalue weighted by Crippen LogP contribution is 2.25. The molecule has 162 valence electrons. The number of benzene rings is 1. The number of quaternary nitrogens is 1. The van der Waals surface area contributed by atoms with Crippen LogP contribution in [0.1, 0.15) is 71.1 Å². The standard InChI is InChI=1S/C15H32N.C6HF5O/c1-3-4-5-6-7-8-10-13-16(2)14-11-9-12-15-16;7-1-2(8)4(10)6(12)5(11)3(1)9/h3-15H2,1-2H3;12H/q+1;/p-1. The highest BCUT2D eigenvalue weighted by molar-refractivity contribution is 5.26. The van der Waals surface area contributed by atoms with Crippen LogP contribution in [0.3, 0.4) is 0 Å².